The van der Waals surface area contributed by atoms with Gasteiger partial charge in [0.15, 0.2) is 0 Å². The van der Waals surface area contributed by atoms with Gasteiger partial charge in [-0.1, -0.05) is 46.3 Å². The first-order chi connectivity index (χ1) is 12.1. The normalized spacial score (nSPS) is 15.2. The number of hydrogen-bond donors (Lipinski definition) is 0. The highest BCUT2D eigenvalue weighted by atomic mass is 79.9. The number of hydrogen-bond acceptors (Lipinski definition) is 2. The third-order valence-corrected chi connectivity index (χ3v) is 4.87. The summed E-state index contributed by atoms with van der Waals surface area (Å²) in [6.07, 6.45) is 0.351. The van der Waals surface area contributed by atoms with Crippen LogP contribution in [0.5, 0.6) is 5.75 Å². The maximum absolute atomic E-state index is 13.3. The molecule has 1 aliphatic heterocycles. The van der Waals surface area contributed by atoms with E-state index >= 15 is 0 Å². The van der Waals surface area contributed by atoms with Gasteiger partial charge in [-0.3, -0.25) is 4.79 Å². The average Bonchev–Trinajstić information content (AvgIpc) is 2.62. The highest BCUT2D eigenvalue weighted by molar-refractivity contribution is 9.10. The third-order valence-electron chi connectivity index (χ3n) is 4.38. The van der Waals surface area contributed by atoms with Crippen LogP contribution in [0.1, 0.15) is 24.0 Å². The van der Waals surface area contributed by atoms with Crippen LogP contribution in [0.25, 0.3) is 0 Å². The van der Waals surface area contributed by atoms with E-state index in [0.29, 0.717) is 38.3 Å². The van der Waals surface area contributed by atoms with Crippen molar-refractivity contribution in [2.24, 2.45) is 0 Å². The van der Waals surface area contributed by atoms with Crippen molar-refractivity contribution in [3.8, 4) is 5.75 Å². The van der Waals surface area contributed by atoms with Gasteiger partial charge < -0.3 is 9.64 Å². The lowest BCUT2D eigenvalue weighted by molar-refractivity contribution is -0.131. The first kappa shape index (κ1) is 17.9. The summed E-state index contributed by atoms with van der Waals surface area (Å²) in [4.78, 5) is 14.3. The number of alkyl halides is 1. The highest BCUT2D eigenvalue weighted by Gasteiger charge is 2.23. The monoisotopic (exact) mass is 405 g/mol. The van der Waals surface area contributed by atoms with Gasteiger partial charge >= 0.3 is 0 Å². The lowest BCUT2D eigenvalue weighted by Gasteiger charge is -2.29. The van der Waals surface area contributed by atoms with Gasteiger partial charge in [-0.2, -0.15) is 0 Å². The van der Waals surface area contributed by atoms with Crippen LogP contribution in [-0.2, 0) is 17.8 Å². The molecule has 0 spiro atoms. The number of rotatable bonds is 5. The van der Waals surface area contributed by atoms with E-state index in [0.717, 1.165) is 15.6 Å². The van der Waals surface area contributed by atoms with Crippen molar-refractivity contribution < 1.29 is 13.9 Å². The Hall–Kier alpha value is -1.88. The zero-order chi connectivity index (χ0) is 17.6. The average molecular weight is 406 g/mol. The van der Waals surface area contributed by atoms with Crippen molar-refractivity contribution >= 4 is 21.8 Å². The van der Waals surface area contributed by atoms with Crippen molar-refractivity contribution in [1.29, 1.82) is 0 Å². The summed E-state index contributed by atoms with van der Waals surface area (Å²) in [5.41, 5.74) is 1.92. The first-order valence-electron chi connectivity index (χ1n) is 8.49. The molecule has 132 valence electrons. The number of carbonyl (C=O) groups excluding carboxylic acids is 1. The van der Waals surface area contributed by atoms with Crippen LogP contribution in [0, 0.1) is 0 Å². The number of nitrogens with zero attached hydrogens (tertiary/aromatic N) is 1. The molecule has 2 aromatic rings. The van der Waals surface area contributed by atoms with E-state index in [1.807, 2.05) is 48.5 Å². The van der Waals surface area contributed by atoms with Crippen LogP contribution in [0.2, 0.25) is 0 Å². The molecule has 0 radical (unpaired) electrons. The van der Waals surface area contributed by atoms with Crippen molar-refractivity contribution in [3.05, 3.63) is 64.1 Å². The SMILES string of the molecule is O=C(Cc1cc(Br)ccc1OCc1ccccc1)N1CCC(F)CC1. The predicted octanol–water partition coefficient (Wildman–Crippen LogP) is 4.53. The summed E-state index contributed by atoms with van der Waals surface area (Å²) >= 11 is 3.46. The van der Waals surface area contributed by atoms with E-state index in [1.165, 1.54) is 0 Å². The largest absolute Gasteiger partial charge is 0.489 e. The van der Waals surface area contributed by atoms with Gasteiger partial charge in [0.25, 0.3) is 0 Å². The molecule has 1 aliphatic rings. The second kappa shape index (κ2) is 8.48. The topological polar surface area (TPSA) is 29.5 Å². The summed E-state index contributed by atoms with van der Waals surface area (Å²) in [5.74, 6) is 0.732. The van der Waals surface area contributed by atoms with Crippen molar-refractivity contribution in [3.63, 3.8) is 0 Å². The number of piperidine rings is 1. The lowest BCUT2D eigenvalue weighted by Crippen LogP contribution is -2.39. The van der Waals surface area contributed by atoms with Gasteiger partial charge in [0.1, 0.15) is 18.5 Å². The Balaban J connectivity index is 1.67. The van der Waals surface area contributed by atoms with E-state index in [2.05, 4.69) is 15.9 Å². The summed E-state index contributed by atoms with van der Waals surface area (Å²) in [6.45, 7) is 1.44. The summed E-state index contributed by atoms with van der Waals surface area (Å²) < 4.78 is 20.1. The highest BCUT2D eigenvalue weighted by Crippen LogP contribution is 2.26. The van der Waals surface area contributed by atoms with Gasteiger partial charge in [0, 0.05) is 23.1 Å². The van der Waals surface area contributed by atoms with Crippen molar-refractivity contribution in [2.45, 2.75) is 32.0 Å². The van der Waals surface area contributed by atoms with Crippen molar-refractivity contribution in [2.75, 3.05) is 13.1 Å². The van der Waals surface area contributed by atoms with Gasteiger partial charge in [-0.05, 0) is 36.6 Å². The molecule has 1 saturated heterocycles. The van der Waals surface area contributed by atoms with Gasteiger partial charge in [0.2, 0.25) is 5.91 Å². The van der Waals surface area contributed by atoms with E-state index in [1.54, 1.807) is 4.90 Å². The molecule has 2 aromatic carbocycles. The zero-order valence-corrected chi connectivity index (χ0v) is 15.5. The molecule has 0 bridgehead atoms. The van der Waals surface area contributed by atoms with Gasteiger partial charge in [-0.15, -0.1) is 0 Å². The van der Waals surface area contributed by atoms with E-state index < -0.39 is 6.17 Å². The molecule has 0 N–H and O–H groups in total. The minimum Gasteiger partial charge on any atom is -0.489 e. The van der Waals surface area contributed by atoms with E-state index in [4.69, 9.17) is 4.74 Å². The predicted molar refractivity (Wildman–Crippen MR) is 99.3 cm³/mol. The molecule has 0 aromatic heterocycles. The lowest BCUT2D eigenvalue weighted by atomic mass is 10.1. The van der Waals surface area contributed by atoms with Crippen LogP contribution in [0.3, 0.4) is 0 Å². The van der Waals surface area contributed by atoms with Crippen LogP contribution < -0.4 is 4.74 Å². The standard InChI is InChI=1S/C20H21BrFNO2/c21-17-6-7-19(25-14-15-4-2-1-3-5-15)16(12-17)13-20(24)23-10-8-18(22)9-11-23/h1-7,12,18H,8-11,13-14H2. The quantitative estimate of drug-likeness (QED) is 0.730. The van der Waals surface area contributed by atoms with E-state index in [9.17, 15) is 9.18 Å². The number of ether oxygens (including phenoxy) is 1. The maximum atomic E-state index is 13.3. The number of likely N-dealkylation sites (tertiary alicyclic amines) is 1. The van der Waals surface area contributed by atoms with E-state index in [-0.39, 0.29) is 12.3 Å². The molecule has 5 heteroatoms. The Morgan fingerprint density at radius 2 is 1.88 bits per heavy atom. The minimum absolute atomic E-state index is 0.0227. The molecular formula is C20H21BrFNO2. The molecule has 3 rings (SSSR count). The van der Waals surface area contributed by atoms with Crippen LogP contribution in [-0.4, -0.2) is 30.1 Å². The molecule has 1 heterocycles. The Morgan fingerprint density at radius 3 is 2.60 bits per heavy atom. The fourth-order valence-corrected chi connectivity index (χ4v) is 3.34. The molecule has 1 fully saturated rings. The molecule has 1 amide bonds. The number of halogens is 2. The first-order valence-corrected chi connectivity index (χ1v) is 9.28. The molecule has 3 nitrogen and oxygen atoms in total. The summed E-state index contributed by atoms with van der Waals surface area (Å²) in [6, 6.07) is 15.6. The smallest absolute Gasteiger partial charge is 0.227 e. The number of carbonyl (C=O) groups is 1. The minimum atomic E-state index is -0.778. The second-order valence-electron chi connectivity index (χ2n) is 6.26. The summed E-state index contributed by atoms with van der Waals surface area (Å²) in [5, 5.41) is 0. The third kappa shape index (κ3) is 5.05. The second-order valence-corrected chi connectivity index (χ2v) is 7.17. The molecule has 0 saturated carbocycles. The van der Waals surface area contributed by atoms with Gasteiger partial charge in [0.05, 0.1) is 6.42 Å². The zero-order valence-electron chi connectivity index (χ0n) is 14.0. The molecular weight excluding hydrogens is 385 g/mol. The fraction of sp³-hybridized carbons (Fsp3) is 0.350. The van der Waals surface area contributed by atoms with Crippen LogP contribution in [0.15, 0.2) is 53.0 Å². The Bertz CT molecular complexity index is 715. The van der Waals surface area contributed by atoms with Crippen molar-refractivity contribution in [1.82, 2.24) is 4.90 Å². The molecule has 0 atom stereocenters. The Morgan fingerprint density at radius 1 is 1.16 bits per heavy atom. The number of benzene rings is 2. The van der Waals surface area contributed by atoms with Crippen LogP contribution in [0.4, 0.5) is 4.39 Å². The fourth-order valence-electron chi connectivity index (χ4n) is 2.93. The van der Waals surface area contributed by atoms with Crippen LogP contribution >= 0.6 is 15.9 Å². The summed E-state index contributed by atoms with van der Waals surface area (Å²) in [7, 11) is 0. The Kier molecular flexibility index (Phi) is 6.08. The molecule has 0 aliphatic carbocycles. The number of amides is 1. The molecule has 0 unspecified atom stereocenters. The molecule has 25 heavy (non-hydrogen) atoms. The van der Waals surface area contributed by atoms with Gasteiger partial charge in [-0.25, -0.2) is 4.39 Å². The maximum Gasteiger partial charge on any atom is 0.227 e. The Labute approximate surface area is 155 Å².